The van der Waals surface area contributed by atoms with Gasteiger partial charge in [-0.25, -0.2) is 9.13 Å². The number of unbranched alkanes of at least 4 members (excludes halogenated alkanes) is 33. The first kappa shape index (κ1) is 75.1. The molecule has 0 saturated heterocycles. The molecule has 0 aromatic rings. The third-order valence-electron chi connectivity index (χ3n) is 13.4. The summed E-state index contributed by atoms with van der Waals surface area (Å²) < 4.78 is 67.5. The van der Waals surface area contributed by atoms with Gasteiger partial charge in [-0.05, 0) is 25.7 Å². The van der Waals surface area contributed by atoms with Crippen LogP contribution in [-0.4, -0.2) is 96.7 Å². The maximum absolute atomic E-state index is 12.9. The molecule has 0 fully saturated rings. The zero-order valence-electron chi connectivity index (χ0n) is 48.9. The van der Waals surface area contributed by atoms with Gasteiger partial charge in [-0.15, -0.1) is 0 Å². The van der Waals surface area contributed by atoms with Crippen LogP contribution in [0.2, 0.25) is 0 Å². The van der Waals surface area contributed by atoms with E-state index < -0.39 is 97.5 Å². The molecule has 19 heteroatoms. The fourth-order valence-corrected chi connectivity index (χ4v) is 10.2. The van der Waals surface area contributed by atoms with Crippen LogP contribution in [0.25, 0.3) is 0 Å². The molecule has 0 spiro atoms. The lowest BCUT2D eigenvalue weighted by molar-refractivity contribution is -0.161. The monoisotopic (exact) mass is 1140 g/mol. The Morgan fingerprint density at radius 1 is 0.312 bits per heavy atom. The number of ether oxygens (including phenoxy) is 4. The van der Waals surface area contributed by atoms with E-state index in [1.165, 1.54) is 116 Å². The van der Waals surface area contributed by atoms with Gasteiger partial charge in [-0.3, -0.25) is 37.3 Å². The Kier molecular flexibility index (Phi) is 52.0. The normalized spacial score (nSPS) is 14.3. The molecule has 0 aromatic carbocycles. The Bertz CT molecular complexity index is 1500. The largest absolute Gasteiger partial charge is 0.472 e. The first-order valence-electron chi connectivity index (χ1n) is 30.8. The van der Waals surface area contributed by atoms with E-state index in [-0.39, 0.29) is 25.7 Å². The topological polar surface area (TPSA) is 237 Å². The number of hydrogen-bond acceptors (Lipinski definition) is 15. The van der Waals surface area contributed by atoms with Crippen molar-refractivity contribution in [2.24, 2.45) is 0 Å². The van der Waals surface area contributed by atoms with E-state index in [1.807, 2.05) is 0 Å². The smallest absolute Gasteiger partial charge is 0.462 e. The van der Waals surface area contributed by atoms with Crippen LogP contribution in [0.3, 0.4) is 0 Å². The number of rotatable bonds is 59. The summed E-state index contributed by atoms with van der Waals surface area (Å²) in [6.45, 7) is 4.76. The lowest BCUT2D eigenvalue weighted by atomic mass is 10.0. The lowest BCUT2D eigenvalue weighted by Crippen LogP contribution is -2.30. The molecule has 2 unspecified atom stereocenters. The van der Waals surface area contributed by atoms with Crippen molar-refractivity contribution < 1.29 is 80.2 Å². The molecule has 3 N–H and O–H groups in total. The number of hydrogen-bond donors (Lipinski definition) is 3. The summed E-state index contributed by atoms with van der Waals surface area (Å²) in [4.78, 5) is 71.7. The fraction of sp³-hybridized carbons (Fsp3) is 0.931. The molecule has 77 heavy (non-hydrogen) atoms. The number of phosphoric acid groups is 2. The first-order chi connectivity index (χ1) is 37.2. The molecular weight excluding hydrogens is 1030 g/mol. The van der Waals surface area contributed by atoms with Gasteiger partial charge in [0.25, 0.3) is 0 Å². The maximum atomic E-state index is 12.9. The SMILES string of the molecule is CCCCCCCCCCCCCCC(=O)O[C@H](COC(=O)CCCCCCCCCCCC)COP(=O)(O)OC[C@@H](O)COP(=O)(O)OC[C@@H](COC(=O)CCCCCCCCCCC)OC(=O)CCCCCCCC. The Labute approximate surface area is 467 Å². The molecule has 0 radical (unpaired) electrons. The predicted molar refractivity (Wildman–Crippen MR) is 303 cm³/mol. The fourth-order valence-electron chi connectivity index (χ4n) is 8.57. The highest BCUT2D eigenvalue weighted by Crippen LogP contribution is 2.45. The third-order valence-corrected chi connectivity index (χ3v) is 15.3. The van der Waals surface area contributed by atoms with E-state index in [4.69, 9.17) is 37.0 Å². The Balaban J connectivity index is 5.18. The summed E-state index contributed by atoms with van der Waals surface area (Å²) in [6, 6.07) is 0. The van der Waals surface area contributed by atoms with Gasteiger partial charge in [0, 0.05) is 25.7 Å². The molecule has 0 aliphatic rings. The molecule has 0 aromatic heterocycles. The third kappa shape index (κ3) is 53.2. The zero-order valence-corrected chi connectivity index (χ0v) is 50.7. The Morgan fingerprint density at radius 3 is 0.766 bits per heavy atom. The van der Waals surface area contributed by atoms with E-state index in [2.05, 4.69) is 27.7 Å². The summed E-state index contributed by atoms with van der Waals surface area (Å²) in [5, 5.41) is 10.5. The van der Waals surface area contributed by atoms with Crippen LogP contribution in [0.5, 0.6) is 0 Å². The van der Waals surface area contributed by atoms with Crippen molar-refractivity contribution in [3.63, 3.8) is 0 Å². The van der Waals surface area contributed by atoms with Crippen molar-refractivity contribution in [2.75, 3.05) is 39.6 Å². The van der Waals surface area contributed by atoms with Gasteiger partial charge >= 0.3 is 39.5 Å². The molecule has 0 heterocycles. The molecule has 0 bridgehead atoms. The van der Waals surface area contributed by atoms with Gasteiger partial charge < -0.3 is 33.8 Å². The van der Waals surface area contributed by atoms with E-state index >= 15 is 0 Å². The van der Waals surface area contributed by atoms with E-state index in [9.17, 15) is 43.2 Å². The average Bonchev–Trinajstić information content (AvgIpc) is 3.40. The van der Waals surface area contributed by atoms with Crippen LogP contribution in [0.15, 0.2) is 0 Å². The Hall–Kier alpha value is -1.94. The summed E-state index contributed by atoms with van der Waals surface area (Å²) in [7, 11) is -9.86. The number of phosphoric ester groups is 2. The highest BCUT2D eigenvalue weighted by molar-refractivity contribution is 7.47. The van der Waals surface area contributed by atoms with E-state index in [1.54, 1.807) is 0 Å². The minimum Gasteiger partial charge on any atom is -0.462 e. The summed E-state index contributed by atoms with van der Waals surface area (Å²) in [6.07, 6.45) is 36.3. The van der Waals surface area contributed by atoms with Crippen LogP contribution in [0, 0.1) is 0 Å². The molecule has 0 aliphatic carbocycles. The molecule has 0 rings (SSSR count). The molecule has 0 saturated carbocycles. The molecule has 0 amide bonds. The average molecular weight is 1140 g/mol. The maximum Gasteiger partial charge on any atom is 0.472 e. The minimum absolute atomic E-state index is 0.102. The number of aliphatic hydroxyl groups is 1. The summed E-state index contributed by atoms with van der Waals surface area (Å²) in [5.41, 5.74) is 0. The van der Waals surface area contributed by atoms with Crippen molar-refractivity contribution in [3.8, 4) is 0 Å². The second-order valence-corrected chi connectivity index (χ2v) is 23.9. The summed E-state index contributed by atoms with van der Waals surface area (Å²) >= 11 is 0. The van der Waals surface area contributed by atoms with Gasteiger partial charge in [-0.2, -0.15) is 0 Å². The number of aliphatic hydroxyl groups excluding tert-OH is 1. The summed E-state index contributed by atoms with van der Waals surface area (Å²) in [5.74, 6) is -2.15. The first-order valence-corrected chi connectivity index (χ1v) is 33.8. The number of esters is 4. The van der Waals surface area contributed by atoms with Gasteiger partial charge in [0.15, 0.2) is 12.2 Å². The Morgan fingerprint density at radius 2 is 0.519 bits per heavy atom. The van der Waals surface area contributed by atoms with Crippen LogP contribution >= 0.6 is 15.6 Å². The number of carbonyl (C=O) groups is 4. The highest BCUT2D eigenvalue weighted by Gasteiger charge is 2.30. The highest BCUT2D eigenvalue weighted by atomic mass is 31.2. The molecule has 456 valence electrons. The number of carbonyl (C=O) groups excluding carboxylic acids is 4. The van der Waals surface area contributed by atoms with Gasteiger partial charge in [0.1, 0.15) is 19.3 Å². The second kappa shape index (κ2) is 53.4. The van der Waals surface area contributed by atoms with Gasteiger partial charge in [0.2, 0.25) is 0 Å². The van der Waals surface area contributed by atoms with Crippen LogP contribution in [0.4, 0.5) is 0 Å². The quantitative estimate of drug-likeness (QED) is 0.0222. The molecular formula is C58H112O17P2. The molecule has 0 aliphatic heterocycles. The van der Waals surface area contributed by atoms with Gasteiger partial charge in [0.05, 0.1) is 26.4 Å². The van der Waals surface area contributed by atoms with Crippen LogP contribution in [-0.2, 0) is 65.4 Å². The van der Waals surface area contributed by atoms with Crippen molar-refractivity contribution in [2.45, 2.75) is 309 Å². The van der Waals surface area contributed by atoms with Crippen molar-refractivity contribution >= 4 is 39.5 Å². The zero-order chi connectivity index (χ0) is 56.9. The predicted octanol–water partition coefficient (Wildman–Crippen LogP) is 15.6. The minimum atomic E-state index is -4.93. The molecule has 17 nitrogen and oxygen atoms in total. The second-order valence-electron chi connectivity index (χ2n) is 21.0. The van der Waals surface area contributed by atoms with Crippen molar-refractivity contribution in [1.29, 1.82) is 0 Å². The standard InChI is InChI=1S/C58H112O17P2/c1-5-9-13-17-21-24-26-27-30-33-37-41-45-58(63)75-54(49-69-56(61)43-39-36-32-29-25-22-18-14-10-6-2)51-73-77(66,67)71-47-52(59)46-70-76(64,65)72-50-53(74-57(62)44-40-34-20-16-12-8-4)48-68-55(60)42-38-35-31-28-23-19-15-11-7-3/h52-54,59H,5-51H2,1-4H3,(H,64,65)(H,66,67)/t52-,53+,54+/m0/s1. The van der Waals surface area contributed by atoms with Crippen molar-refractivity contribution in [3.05, 3.63) is 0 Å². The van der Waals surface area contributed by atoms with E-state index in [0.29, 0.717) is 25.7 Å². The van der Waals surface area contributed by atoms with Crippen LogP contribution in [0.1, 0.15) is 291 Å². The van der Waals surface area contributed by atoms with Crippen molar-refractivity contribution in [1.82, 2.24) is 0 Å². The molecule has 5 atom stereocenters. The van der Waals surface area contributed by atoms with Crippen LogP contribution < -0.4 is 0 Å². The van der Waals surface area contributed by atoms with Gasteiger partial charge in [-0.1, -0.05) is 240 Å². The lowest BCUT2D eigenvalue weighted by Gasteiger charge is -2.21. The van der Waals surface area contributed by atoms with E-state index in [0.717, 1.165) is 96.3 Å².